The third-order valence-electron chi connectivity index (χ3n) is 4.71. The average molecular weight is 331 g/mol. The molecule has 0 unspecified atom stereocenters. The number of carbonyl (C=O) groups is 1. The van der Waals surface area contributed by atoms with E-state index >= 15 is 0 Å². The zero-order chi connectivity index (χ0) is 17.2. The van der Waals surface area contributed by atoms with Gasteiger partial charge in [0.25, 0.3) is 5.91 Å². The van der Waals surface area contributed by atoms with Crippen LogP contribution in [0.4, 0.5) is 5.69 Å². The number of fused-ring (bicyclic) bond motifs is 1. The van der Waals surface area contributed by atoms with Crippen LogP contribution < -0.4 is 4.90 Å². The molecule has 0 saturated carbocycles. The largest absolute Gasteiger partial charge is 0.308 e. The van der Waals surface area contributed by atoms with Crippen molar-refractivity contribution in [3.05, 3.63) is 77.6 Å². The highest BCUT2D eigenvalue weighted by atomic mass is 16.2. The molecular formula is C21H21N3O. The Morgan fingerprint density at radius 1 is 1.00 bits per heavy atom. The Labute approximate surface area is 147 Å². The Kier molecular flexibility index (Phi) is 4.10. The normalized spacial score (nSPS) is 14.0. The first-order chi connectivity index (χ1) is 12.2. The van der Waals surface area contributed by atoms with Gasteiger partial charge in [0.2, 0.25) is 0 Å². The molecule has 4 heteroatoms. The molecule has 25 heavy (non-hydrogen) atoms. The number of carbonyl (C=O) groups excluding carboxylic acids is 1. The molecule has 4 nitrogen and oxygen atoms in total. The van der Waals surface area contributed by atoms with Gasteiger partial charge in [-0.25, -0.2) is 4.68 Å². The summed E-state index contributed by atoms with van der Waals surface area (Å²) in [6.07, 6.45) is 5.12. The van der Waals surface area contributed by atoms with Crippen LogP contribution >= 0.6 is 0 Å². The summed E-state index contributed by atoms with van der Waals surface area (Å²) in [5.74, 6) is 0.0672. The van der Waals surface area contributed by atoms with Crippen molar-refractivity contribution in [2.24, 2.45) is 0 Å². The minimum atomic E-state index is 0.0672. The van der Waals surface area contributed by atoms with Crippen molar-refractivity contribution in [1.82, 2.24) is 9.78 Å². The second-order valence-electron chi connectivity index (χ2n) is 6.49. The van der Waals surface area contributed by atoms with Crippen molar-refractivity contribution in [3.8, 4) is 5.69 Å². The zero-order valence-corrected chi connectivity index (χ0v) is 14.4. The van der Waals surface area contributed by atoms with Crippen LogP contribution in [0.2, 0.25) is 0 Å². The molecule has 3 aromatic rings. The van der Waals surface area contributed by atoms with Gasteiger partial charge >= 0.3 is 0 Å². The summed E-state index contributed by atoms with van der Waals surface area (Å²) >= 11 is 0. The standard InChI is InChI=1S/C21H21N3O/c1-16-13-15-24(22-16)19-11-9-18(10-12-19)21(25)23-14-5-4-7-17-6-2-3-8-20(17)23/h2-3,6,8-13,15H,4-5,7,14H2,1H3. The number of benzene rings is 2. The molecule has 1 aliphatic rings. The first kappa shape index (κ1) is 15.6. The maximum Gasteiger partial charge on any atom is 0.258 e. The fourth-order valence-electron chi connectivity index (χ4n) is 3.37. The molecule has 126 valence electrons. The van der Waals surface area contributed by atoms with Gasteiger partial charge in [-0.05, 0) is 68.1 Å². The van der Waals surface area contributed by atoms with Crippen molar-refractivity contribution in [1.29, 1.82) is 0 Å². The Morgan fingerprint density at radius 3 is 2.56 bits per heavy atom. The molecule has 1 amide bonds. The highest BCUT2D eigenvalue weighted by Gasteiger charge is 2.22. The van der Waals surface area contributed by atoms with E-state index in [9.17, 15) is 4.79 Å². The van der Waals surface area contributed by atoms with Gasteiger partial charge < -0.3 is 4.90 Å². The predicted octanol–water partition coefficient (Wildman–Crippen LogP) is 4.16. The molecule has 0 atom stereocenters. The zero-order valence-electron chi connectivity index (χ0n) is 14.4. The molecule has 0 N–H and O–H groups in total. The number of rotatable bonds is 2. The van der Waals surface area contributed by atoms with E-state index in [2.05, 4.69) is 17.2 Å². The summed E-state index contributed by atoms with van der Waals surface area (Å²) in [4.78, 5) is 15.0. The molecule has 1 aliphatic heterocycles. The first-order valence-electron chi connectivity index (χ1n) is 8.75. The van der Waals surface area contributed by atoms with Gasteiger partial charge in [-0.15, -0.1) is 0 Å². The van der Waals surface area contributed by atoms with Gasteiger partial charge in [-0.2, -0.15) is 5.10 Å². The van der Waals surface area contributed by atoms with E-state index in [-0.39, 0.29) is 5.91 Å². The third-order valence-corrected chi connectivity index (χ3v) is 4.71. The lowest BCUT2D eigenvalue weighted by atomic mass is 10.1. The molecule has 0 spiro atoms. The lowest BCUT2D eigenvalue weighted by molar-refractivity contribution is 0.0987. The van der Waals surface area contributed by atoms with E-state index in [0.29, 0.717) is 5.56 Å². The van der Waals surface area contributed by atoms with Gasteiger partial charge in [0.05, 0.1) is 11.4 Å². The minimum Gasteiger partial charge on any atom is -0.308 e. The summed E-state index contributed by atoms with van der Waals surface area (Å²) in [6, 6.07) is 17.9. The van der Waals surface area contributed by atoms with Crippen LogP contribution in [0.25, 0.3) is 5.69 Å². The van der Waals surface area contributed by atoms with E-state index in [1.807, 2.05) is 65.2 Å². The lowest BCUT2D eigenvalue weighted by Crippen LogP contribution is -2.31. The second-order valence-corrected chi connectivity index (χ2v) is 6.49. The summed E-state index contributed by atoms with van der Waals surface area (Å²) in [5, 5.41) is 4.41. The molecule has 0 radical (unpaired) electrons. The number of para-hydroxylation sites is 1. The Hall–Kier alpha value is -2.88. The third kappa shape index (κ3) is 3.07. The number of hydrogen-bond acceptors (Lipinski definition) is 2. The van der Waals surface area contributed by atoms with E-state index < -0.39 is 0 Å². The van der Waals surface area contributed by atoms with Crippen LogP contribution in [0.15, 0.2) is 60.8 Å². The van der Waals surface area contributed by atoms with Crippen molar-refractivity contribution in [2.75, 3.05) is 11.4 Å². The monoisotopic (exact) mass is 331 g/mol. The Bertz CT molecular complexity index is 896. The van der Waals surface area contributed by atoms with Gasteiger partial charge in [0.1, 0.15) is 0 Å². The molecule has 1 aromatic heterocycles. The molecule has 0 aliphatic carbocycles. The minimum absolute atomic E-state index is 0.0672. The van der Waals surface area contributed by atoms with E-state index in [1.54, 1.807) is 0 Å². The quantitative estimate of drug-likeness (QED) is 0.707. The topological polar surface area (TPSA) is 38.1 Å². The number of aromatic nitrogens is 2. The average Bonchev–Trinajstić information content (AvgIpc) is 2.97. The molecule has 0 bridgehead atoms. The Balaban J connectivity index is 1.63. The van der Waals surface area contributed by atoms with Gasteiger partial charge in [-0.3, -0.25) is 4.79 Å². The Morgan fingerprint density at radius 2 is 1.80 bits per heavy atom. The van der Waals surface area contributed by atoms with E-state index in [0.717, 1.165) is 42.9 Å². The fraction of sp³-hybridized carbons (Fsp3) is 0.238. The smallest absolute Gasteiger partial charge is 0.258 e. The molecular weight excluding hydrogens is 310 g/mol. The molecule has 0 fully saturated rings. The summed E-state index contributed by atoms with van der Waals surface area (Å²) in [7, 11) is 0. The summed E-state index contributed by atoms with van der Waals surface area (Å²) in [6.45, 7) is 2.74. The van der Waals surface area contributed by atoms with Crippen molar-refractivity contribution in [2.45, 2.75) is 26.2 Å². The second kappa shape index (κ2) is 6.55. The van der Waals surface area contributed by atoms with E-state index in [1.165, 1.54) is 5.56 Å². The number of anilines is 1. The maximum atomic E-state index is 13.1. The van der Waals surface area contributed by atoms with Crippen LogP contribution in [-0.2, 0) is 6.42 Å². The van der Waals surface area contributed by atoms with E-state index in [4.69, 9.17) is 0 Å². The maximum absolute atomic E-state index is 13.1. The van der Waals surface area contributed by atoms with Crippen LogP contribution in [0.5, 0.6) is 0 Å². The fourth-order valence-corrected chi connectivity index (χ4v) is 3.37. The van der Waals surface area contributed by atoms with Crippen molar-refractivity contribution < 1.29 is 4.79 Å². The van der Waals surface area contributed by atoms with Gasteiger partial charge in [-0.1, -0.05) is 18.2 Å². The number of hydrogen-bond donors (Lipinski definition) is 0. The van der Waals surface area contributed by atoms with Crippen LogP contribution in [0, 0.1) is 6.92 Å². The first-order valence-corrected chi connectivity index (χ1v) is 8.75. The number of amides is 1. The molecule has 2 aromatic carbocycles. The van der Waals surface area contributed by atoms with Crippen LogP contribution in [0.1, 0.15) is 34.5 Å². The van der Waals surface area contributed by atoms with Gasteiger partial charge in [0, 0.05) is 24.0 Å². The van der Waals surface area contributed by atoms with Crippen LogP contribution in [0.3, 0.4) is 0 Å². The summed E-state index contributed by atoms with van der Waals surface area (Å²) in [5.41, 5.74) is 4.96. The number of nitrogens with zero attached hydrogens (tertiary/aromatic N) is 3. The van der Waals surface area contributed by atoms with Crippen LogP contribution in [-0.4, -0.2) is 22.2 Å². The molecule has 4 rings (SSSR count). The highest BCUT2D eigenvalue weighted by Crippen LogP contribution is 2.27. The lowest BCUT2D eigenvalue weighted by Gasteiger charge is -2.23. The van der Waals surface area contributed by atoms with Gasteiger partial charge in [0.15, 0.2) is 0 Å². The highest BCUT2D eigenvalue weighted by molar-refractivity contribution is 6.06. The number of aryl methyl sites for hydroxylation is 2. The molecule has 0 saturated heterocycles. The predicted molar refractivity (Wildman–Crippen MR) is 99.4 cm³/mol. The van der Waals surface area contributed by atoms with Crippen molar-refractivity contribution >= 4 is 11.6 Å². The van der Waals surface area contributed by atoms with Crippen molar-refractivity contribution in [3.63, 3.8) is 0 Å². The SMILES string of the molecule is Cc1ccn(-c2ccc(C(=O)N3CCCCc4ccccc43)cc2)n1. The molecule has 2 heterocycles. The summed E-state index contributed by atoms with van der Waals surface area (Å²) < 4.78 is 1.82.